The summed E-state index contributed by atoms with van der Waals surface area (Å²) in [5.41, 5.74) is 4.54. The van der Waals surface area contributed by atoms with Gasteiger partial charge in [0.2, 0.25) is 6.54 Å². The van der Waals surface area contributed by atoms with Gasteiger partial charge in [-0.15, -0.1) is 11.8 Å². The zero-order valence-corrected chi connectivity index (χ0v) is 13.0. The molecule has 0 aliphatic carbocycles. The number of nitro groups is 1. The molecule has 0 spiro atoms. The van der Waals surface area contributed by atoms with Crippen LogP contribution in [-0.4, -0.2) is 62.6 Å². The monoisotopic (exact) mass is 345 g/mol. The Hall–Kier alpha value is -2.14. The summed E-state index contributed by atoms with van der Waals surface area (Å²) in [5.74, 6) is -2.36. The zero-order chi connectivity index (χ0) is 17.4. The van der Waals surface area contributed by atoms with Gasteiger partial charge in [-0.05, 0) is 0 Å². The summed E-state index contributed by atoms with van der Waals surface area (Å²) < 4.78 is 4.80. The smallest absolute Gasteiger partial charge is 0.352 e. The second-order valence-electron chi connectivity index (χ2n) is 5.22. The molecule has 3 N–H and O–H groups in total. The molecular weight excluding hydrogens is 330 g/mol. The molecule has 2 aliphatic heterocycles. The second kappa shape index (κ2) is 6.16. The van der Waals surface area contributed by atoms with E-state index in [1.165, 1.54) is 18.7 Å². The van der Waals surface area contributed by atoms with Crippen LogP contribution in [0.1, 0.15) is 13.3 Å². The Morgan fingerprint density at radius 1 is 1.61 bits per heavy atom. The van der Waals surface area contributed by atoms with Gasteiger partial charge in [0.05, 0.1) is 0 Å². The molecule has 10 nitrogen and oxygen atoms in total. The van der Waals surface area contributed by atoms with Crippen LogP contribution < -0.4 is 5.73 Å². The number of nitrogens with zero attached hydrogens (tertiary/aromatic N) is 2. The summed E-state index contributed by atoms with van der Waals surface area (Å²) in [4.78, 5) is 45.6. The Labute approximate surface area is 134 Å². The number of β-lactam (4-membered cyclic amide) rings is 1. The Balaban J connectivity index is 2.24. The topological polar surface area (TPSA) is 153 Å². The van der Waals surface area contributed by atoms with E-state index in [1.54, 1.807) is 0 Å². The van der Waals surface area contributed by atoms with Gasteiger partial charge >= 0.3 is 11.9 Å². The highest BCUT2D eigenvalue weighted by atomic mass is 32.2. The molecule has 126 valence electrons. The number of esters is 1. The highest BCUT2D eigenvalue weighted by Crippen LogP contribution is 2.46. The molecular formula is C12H15N3O7S. The second-order valence-corrected chi connectivity index (χ2v) is 6.29. The van der Waals surface area contributed by atoms with Crippen molar-refractivity contribution >= 4 is 29.6 Å². The number of hydrogen-bond acceptors (Lipinski definition) is 8. The highest BCUT2D eigenvalue weighted by Gasteiger charge is 2.62. The third kappa shape index (κ3) is 3.01. The molecule has 2 aliphatic rings. The van der Waals surface area contributed by atoms with Gasteiger partial charge in [0, 0.05) is 29.6 Å². The number of carbonyl (C=O) groups excluding carboxylic acids is 2. The van der Waals surface area contributed by atoms with E-state index >= 15 is 0 Å². The first-order valence-electron chi connectivity index (χ1n) is 6.63. The molecule has 1 fully saturated rings. The standard InChI is InChI=1S/C12H15N3O7S/c1-6(16)22-4-7-5-23-11-12(13,2-3-14(20)21)10(19)15(11)8(7)9(17)18/h11H,2-5,13H2,1H3,(H,17,18)/t11-,12?/m1/s1. The maximum atomic E-state index is 12.3. The number of fused-ring (bicyclic) bond motifs is 1. The van der Waals surface area contributed by atoms with Gasteiger partial charge in [-0.25, -0.2) is 4.79 Å². The Kier molecular flexibility index (Phi) is 4.61. The molecule has 0 aromatic carbocycles. The number of ether oxygens (including phenoxy) is 1. The van der Waals surface area contributed by atoms with E-state index in [4.69, 9.17) is 10.5 Å². The van der Waals surface area contributed by atoms with Crippen molar-refractivity contribution in [1.82, 2.24) is 4.90 Å². The number of carboxylic acids is 1. The van der Waals surface area contributed by atoms with Crippen LogP contribution in [0.15, 0.2) is 11.3 Å². The number of rotatable bonds is 6. The van der Waals surface area contributed by atoms with Crippen LogP contribution in [0.2, 0.25) is 0 Å². The summed E-state index contributed by atoms with van der Waals surface area (Å²) >= 11 is 1.20. The predicted octanol–water partition coefficient (Wildman–Crippen LogP) is -0.832. The van der Waals surface area contributed by atoms with Gasteiger partial charge in [-0.1, -0.05) is 0 Å². The first-order chi connectivity index (χ1) is 10.7. The summed E-state index contributed by atoms with van der Waals surface area (Å²) in [6.07, 6.45) is -0.167. The van der Waals surface area contributed by atoms with Crippen LogP contribution in [-0.2, 0) is 19.1 Å². The molecule has 0 aromatic rings. The van der Waals surface area contributed by atoms with Crippen molar-refractivity contribution in [3.63, 3.8) is 0 Å². The van der Waals surface area contributed by atoms with Crippen molar-refractivity contribution in [3.8, 4) is 0 Å². The maximum absolute atomic E-state index is 12.3. The minimum absolute atomic E-state index is 0.167. The lowest BCUT2D eigenvalue weighted by Gasteiger charge is -2.55. The van der Waals surface area contributed by atoms with Crippen molar-refractivity contribution in [1.29, 1.82) is 0 Å². The van der Waals surface area contributed by atoms with Gasteiger partial charge in [0.1, 0.15) is 23.2 Å². The van der Waals surface area contributed by atoms with Crippen molar-refractivity contribution in [2.45, 2.75) is 24.3 Å². The van der Waals surface area contributed by atoms with Crippen LogP contribution in [0.25, 0.3) is 0 Å². The SMILES string of the molecule is CC(=O)OCC1=C(C(=O)O)N2C(=O)C(N)(CC[N+](=O)[O-])[C@H]2SC1. The molecule has 1 saturated heterocycles. The lowest BCUT2D eigenvalue weighted by atomic mass is 9.84. The zero-order valence-electron chi connectivity index (χ0n) is 12.2. The summed E-state index contributed by atoms with van der Waals surface area (Å²) in [6.45, 7) is 0.490. The summed E-state index contributed by atoms with van der Waals surface area (Å²) in [5, 5.41) is 19.2. The van der Waals surface area contributed by atoms with Crippen LogP contribution >= 0.6 is 11.8 Å². The van der Waals surface area contributed by atoms with Gasteiger partial charge < -0.3 is 15.6 Å². The summed E-state index contributed by atoms with van der Waals surface area (Å²) in [6, 6.07) is 0. The molecule has 2 rings (SSSR count). The van der Waals surface area contributed by atoms with E-state index in [2.05, 4.69) is 0 Å². The number of hydrogen-bond donors (Lipinski definition) is 2. The Bertz CT molecular complexity index is 620. The minimum atomic E-state index is -1.45. The number of thioether (sulfide) groups is 1. The minimum Gasteiger partial charge on any atom is -0.477 e. The third-order valence-electron chi connectivity index (χ3n) is 3.64. The van der Waals surface area contributed by atoms with E-state index in [1.807, 2.05) is 0 Å². The quantitative estimate of drug-likeness (QED) is 0.272. The Morgan fingerprint density at radius 3 is 2.78 bits per heavy atom. The molecule has 1 amide bonds. The van der Waals surface area contributed by atoms with Gasteiger partial charge in [0.15, 0.2) is 0 Å². The van der Waals surface area contributed by atoms with E-state index in [0.717, 1.165) is 4.90 Å². The number of amides is 1. The lowest BCUT2D eigenvalue weighted by Crippen LogP contribution is -2.78. The number of nitrogens with two attached hydrogens (primary N) is 1. The molecule has 2 heterocycles. The predicted molar refractivity (Wildman–Crippen MR) is 77.8 cm³/mol. The highest BCUT2D eigenvalue weighted by molar-refractivity contribution is 8.00. The summed E-state index contributed by atoms with van der Waals surface area (Å²) in [7, 11) is 0. The van der Waals surface area contributed by atoms with Gasteiger partial charge in [-0.2, -0.15) is 0 Å². The van der Waals surface area contributed by atoms with Crippen LogP contribution in [0.4, 0.5) is 0 Å². The molecule has 0 saturated carbocycles. The fourth-order valence-corrected chi connectivity index (χ4v) is 3.97. The molecule has 23 heavy (non-hydrogen) atoms. The maximum Gasteiger partial charge on any atom is 0.352 e. The van der Waals surface area contributed by atoms with E-state index in [9.17, 15) is 29.6 Å². The number of aliphatic carboxylic acids is 1. The van der Waals surface area contributed by atoms with Crippen molar-refractivity contribution in [3.05, 3.63) is 21.4 Å². The molecule has 0 aromatic heterocycles. The largest absolute Gasteiger partial charge is 0.477 e. The fourth-order valence-electron chi connectivity index (χ4n) is 2.52. The average Bonchev–Trinajstić information content (AvgIpc) is 2.48. The first kappa shape index (κ1) is 17.2. The molecule has 2 atom stereocenters. The van der Waals surface area contributed by atoms with Crippen LogP contribution in [0.5, 0.6) is 0 Å². The Morgan fingerprint density at radius 2 is 2.26 bits per heavy atom. The number of carbonyl (C=O) groups is 3. The third-order valence-corrected chi connectivity index (χ3v) is 5.11. The normalized spacial score (nSPS) is 26.4. The van der Waals surface area contributed by atoms with E-state index in [0.29, 0.717) is 5.57 Å². The van der Waals surface area contributed by atoms with Crippen molar-refractivity contribution < 1.29 is 29.2 Å². The van der Waals surface area contributed by atoms with E-state index < -0.39 is 40.2 Å². The van der Waals surface area contributed by atoms with Crippen LogP contribution in [0, 0.1) is 10.1 Å². The molecule has 0 radical (unpaired) electrons. The molecule has 11 heteroatoms. The van der Waals surface area contributed by atoms with Crippen molar-refractivity contribution in [2.75, 3.05) is 18.9 Å². The fraction of sp³-hybridized carbons (Fsp3) is 0.583. The van der Waals surface area contributed by atoms with Gasteiger partial charge in [0.25, 0.3) is 5.91 Å². The molecule has 1 unspecified atom stereocenters. The number of carboxylic acid groups (broad SMARTS) is 1. The van der Waals surface area contributed by atoms with E-state index in [-0.39, 0.29) is 24.5 Å². The van der Waals surface area contributed by atoms with Crippen molar-refractivity contribution in [2.24, 2.45) is 5.73 Å². The average molecular weight is 345 g/mol. The molecule has 0 bridgehead atoms. The van der Waals surface area contributed by atoms with Crippen LogP contribution in [0.3, 0.4) is 0 Å². The lowest BCUT2D eigenvalue weighted by molar-refractivity contribution is -0.481. The van der Waals surface area contributed by atoms with Gasteiger partial charge in [-0.3, -0.25) is 24.6 Å². The first-order valence-corrected chi connectivity index (χ1v) is 7.68.